The minimum absolute atomic E-state index is 0.00475. The number of aliphatic carboxylic acids is 1. The zero-order valence-corrected chi connectivity index (χ0v) is 13.6. The lowest BCUT2D eigenvalue weighted by Gasteiger charge is -2.18. The van der Waals surface area contributed by atoms with Crippen LogP contribution in [0.2, 0.25) is 0 Å². The van der Waals surface area contributed by atoms with Gasteiger partial charge in [-0.1, -0.05) is 30.3 Å². The van der Waals surface area contributed by atoms with Crippen LogP contribution in [0.4, 0.5) is 0 Å². The molecule has 122 valence electrons. The highest BCUT2D eigenvalue weighted by atomic mass is 32.1. The van der Waals surface area contributed by atoms with Gasteiger partial charge in [-0.25, -0.2) is 0 Å². The van der Waals surface area contributed by atoms with Crippen LogP contribution in [-0.2, 0) is 16.1 Å². The monoisotopic (exact) mass is 333 g/mol. The minimum atomic E-state index is -0.878. The Morgan fingerprint density at radius 3 is 2.65 bits per heavy atom. The van der Waals surface area contributed by atoms with E-state index in [0.29, 0.717) is 17.9 Å². The molecule has 1 unspecified atom stereocenters. The van der Waals surface area contributed by atoms with Crippen LogP contribution in [0.25, 0.3) is 0 Å². The lowest BCUT2D eigenvalue weighted by molar-refractivity contribution is -0.137. The van der Waals surface area contributed by atoms with E-state index in [0.717, 1.165) is 11.1 Å². The largest absolute Gasteiger partial charge is 0.481 e. The van der Waals surface area contributed by atoms with Crippen LogP contribution >= 0.6 is 11.3 Å². The Kier molecular flexibility index (Phi) is 6.31. The molecule has 1 atom stereocenters. The van der Waals surface area contributed by atoms with Crippen molar-refractivity contribution >= 4 is 23.2 Å². The van der Waals surface area contributed by atoms with Gasteiger partial charge in [0.2, 0.25) is 0 Å². The SMILES string of the molecule is COCc1ccsc1C(=O)NC(CCC(=O)O)c1ccccc1. The van der Waals surface area contributed by atoms with Gasteiger partial charge in [-0.2, -0.15) is 0 Å². The average molecular weight is 333 g/mol. The van der Waals surface area contributed by atoms with Crippen molar-refractivity contribution in [3.8, 4) is 0 Å². The third kappa shape index (κ3) is 4.91. The van der Waals surface area contributed by atoms with Crippen molar-refractivity contribution in [1.82, 2.24) is 5.32 Å². The third-order valence-corrected chi connectivity index (χ3v) is 4.36. The van der Waals surface area contributed by atoms with Crippen LogP contribution in [0.5, 0.6) is 0 Å². The quantitative estimate of drug-likeness (QED) is 0.778. The normalized spacial score (nSPS) is 11.9. The molecule has 1 aromatic carbocycles. The predicted molar refractivity (Wildman–Crippen MR) is 88.6 cm³/mol. The van der Waals surface area contributed by atoms with Crippen molar-refractivity contribution in [3.63, 3.8) is 0 Å². The number of hydrogen-bond donors (Lipinski definition) is 2. The van der Waals surface area contributed by atoms with E-state index in [9.17, 15) is 9.59 Å². The van der Waals surface area contributed by atoms with E-state index in [1.54, 1.807) is 7.11 Å². The van der Waals surface area contributed by atoms with Gasteiger partial charge in [-0.3, -0.25) is 9.59 Å². The molecule has 0 aliphatic rings. The van der Waals surface area contributed by atoms with E-state index in [1.165, 1.54) is 11.3 Å². The Bertz CT molecular complexity index is 654. The second-order valence-corrected chi connectivity index (χ2v) is 5.99. The number of amides is 1. The summed E-state index contributed by atoms with van der Waals surface area (Å²) >= 11 is 1.35. The molecule has 0 aliphatic carbocycles. The number of hydrogen-bond acceptors (Lipinski definition) is 4. The fourth-order valence-corrected chi connectivity index (χ4v) is 3.12. The minimum Gasteiger partial charge on any atom is -0.481 e. The standard InChI is InChI=1S/C17H19NO4S/c1-22-11-13-9-10-23-16(13)17(21)18-14(7-8-15(19)20)12-5-3-2-4-6-12/h2-6,9-10,14H,7-8,11H2,1H3,(H,18,21)(H,19,20). The summed E-state index contributed by atoms with van der Waals surface area (Å²) in [5, 5.41) is 13.7. The summed E-state index contributed by atoms with van der Waals surface area (Å²) in [5.41, 5.74) is 1.73. The van der Waals surface area contributed by atoms with E-state index in [-0.39, 0.29) is 18.4 Å². The zero-order valence-electron chi connectivity index (χ0n) is 12.8. The van der Waals surface area contributed by atoms with E-state index in [4.69, 9.17) is 9.84 Å². The maximum atomic E-state index is 12.5. The molecule has 0 radical (unpaired) electrons. The summed E-state index contributed by atoms with van der Waals surface area (Å²) in [4.78, 5) is 24.0. The first-order chi connectivity index (χ1) is 11.1. The van der Waals surface area contributed by atoms with Crippen LogP contribution < -0.4 is 5.32 Å². The number of methoxy groups -OCH3 is 1. The van der Waals surface area contributed by atoms with Crippen molar-refractivity contribution in [1.29, 1.82) is 0 Å². The van der Waals surface area contributed by atoms with Gasteiger partial charge in [0.25, 0.3) is 5.91 Å². The van der Waals surface area contributed by atoms with Gasteiger partial charge in [0.15, 0.2) is 0 Å². The summed E-state index contributed by atoms with van der Waals surface area (Å²) in [6.07, 6.45) is 0.339. The lowest BCUT2D eigenvalue weighted by Crippen LogP contribution is -2.29. The number of carbonyl (C=O) groups excluding carboxylic acids is 1. The molecule has 0 spiro atoms. The summed E-state index contributed by atoms with van der Waals surface area (Å²) in [6, 6.07) is 10.9. The van der Waals surface area contributed by atoms with Crippen molar-refractivity contribution < 1.29 is 19.4 Å². The molecule has 0 fully saturated rings. The van der Waals surface area contributed by atoms with Crippen LogP contribution in [0.3, 0.4) is 0 Å². The maximum absolute atomic E-state index is 12.5. The van der Waals surface area contributed by atoms with Crippen molar-refractivity contribution in [3.05, 3.63) is 57.8 Å². The smallest absolute Gasteiger partial charge is 0.303 e. The summed E-state index contributed by atoms with van der Waals surface area (Å²) in [5.74, 6) is -1.08. The van der Waals surface area contributed by atoms with E-state index >= 15 is 0 Å². The average Bonchev–Trinajstić information content (AvgIpc) is 3.00. The predicted octanol–water partition coefficient (Wildman–Crippen LogP) is 3.23. The molecule has 1 heterocycles. The van der Waals surface area contributed by atoms with Crippen LogP contribution in [0, 0.1) is 0 Å². The Morgan fingerprint density at radius 1 is 1.26 bits per heavy atom. The first-order valence-electron chi connectivity index (χ1n) is 7.24. The van der Waals surface area contributed by atoms with Crippen LogP contribution in [0.1, 0.15) is 39.7 Å². The summed E-state index contributed by atoms with van der Waals surface area (Å²) < 4.78 is 5.09. The topological polar surface area (TPSA) is 75.6 Å². The van der Waals surface area contributed by atoms with Crippen molar-refractivity contribution in [2.24, 2.45) is 0 Å². The summed E-state index contributed by atoms with van der Waals surface area (Å²) in [6.45, 7) is 0.372. The molecule has 0 saturated carbocycles. The molecule has 1 amide bonds. The Hall–Kier alpha value is -2.18. The van der Waals surface area contributed by atoms with E-state index in [1.807, 2.05) is 41.8 Å². The molecule has 0 bridgehead atoms. The van der Waals surface area contributed by atoms with E-state index < -0.39 is 5.97 Å². The highest BCUT2D eigenvalue weighted by Gasteiger charge is 2.19. The second-order valence-electron chi connectivity index (χ2n) is 5.08. The molecular weight excluding hydrogens is 314 g/mol. The molecule has 5 nitrogen and oxygen atoms in total. The number of rotatable bonds is 8. The number of thiophene rings is 1. The number of ether oxygens (including phenoxy) is 1. The Morgan fingerprint density at radius 2 is 2.00 bits per heavy atom. The number of carboxylic acids is 1. The van der Waals surface area contributed by atoms with Gasteiger partial charge in [-0.05, 0) is 23.4 Å². The molecule has 0 saturated heterocycles. The van der Waals surface area contributed by atoms with Gasteiger partial charge in [0.05, 0.1) is 17.5 Å². The molecular formula is C17H19NO4S. The number of nitrogens with one attached hydrogen (secondary N) is 1. The first kappa shape index (κ1) is 17.2. The zero-order chi connectivity index (χ0) is 16.7. The lowest BCUT2D eigenvalue weighted by atomic mass is 10.0. The Labute approximate surface area is 138 Å². The number of carboxylic acid groups (broad SMARTS) is 1. The van der Waals surface area contributed by atoms with Crippen molar-refractivity contribution in [2.75, 3.05) is 7.11 Å². The highest BCUT2D eigenvalue weighted by molar-refractivity contribution is 7.12. The third-order valence-electron chi connectivity index (χ3n) is 3.41. The molecule has 2 rings (SSSR count). The number of carbonyl (C=O) groups is 2. The second kappa shape index (κ2) is 8.45. The van der Waals surface area contributed by atoms with Crippen molar-refractivity contribution in [2.45, 2.75) is 25.5 Å². The van der Waals surface area contributed by atoms with Crippen LogP contribution in [-0.4, -0.2) is 24.1 Å². The molecule has 6 heteroatoms. The molecule has 0 aliphatic heterocycles. The maximum Gasteiger partial charge on any atom is 0.303 e. The van der Waals surface area contributed by atoms with Crippen LogP contribution in [0.15, 0.2) is 41.8 Å². The van der Waals surface area contributed by atoms with Gasteiger partial charge >= 0.3 is 5.97 Å². The van der Waals surface area contributed by atoms with Gasteiger partial charge in [0.1, 0.15) is 0 Å². The molecule has 2 N–H and O–H groups in total. The summed E-state index contributed by atoms with van der Waals surface area (Å²) in [7, 11) is 1.58. The van der Waals surface area contributed by atoms with E-state index in [2.05, 4.69) is 5.32 Å². The number of benzene rings is 1. The van der Waals surface area contributed by atoms with Gasteiger partial charge < -0.3 is 15.2 Å². The highest BCUT2D eigenvalue weighted by Crippen LogP contribution is 2.22. The Balaban J connectivity index is 2.14. The first-order valence-corrected chi connectivity index (χ1v) is 8.12. The van der Waals surface area contributed by atoms with Gasteiger partial charge in [-0.15, -0.1) is 11.3 Å². The fourth-order valence-electron chi connectivity index (χ4n) is 2.30. The fraction of sp³-hybridized carbons (Fsp3) is 0.294. The van der Waals surface area contributed by atoms with Gasteiger partial charge in [0, 0.05) is 19.1 Å². The molecule has 23 heavy (non-hydrogen) atoms. The molecule has 1 aromatic heterocycles. The molecule has 2 aromatic rings.